The molecular weight excluding hydrogens is 390 g/mol. The molecule has 1 aliphatic heterocycles. The van der Waals surface area contributed by atoms with Crippen LogP contribution in [0.15, 0.2) is 73.2 Å². The molecule has 3 heterocycles. The van der Waals surface area contributed by atoms with Gasteiger partial charge in [-0.1, -0.05) is 30.3 Å². The Morgan fingerprint density at radius 3 is 2.87 bits per heavy atom. The largest absolute Gasteiger partial charge is 0.454 e. The van der Waals surface area contributed by atoms with Crippen LogP contribution in [0.25, 0.3) is 10.9 Å². The number of fused-ring (bicyclic) bond motifs is 2. The fourth-order valence-corrected chi connectivity index (χ4v) is 4.15. The monoisotopic (exact) mass is 413 g/mol. The second-order valence-electron chi connectivity index (χ2n) is 7.72. The minimum Gasteiger partial charge on any atom is -0.454 e. The van der Waals surface area contributed by atoms with Crippen LogP contribution in [0, 0.1) is 0 Å². The quantitative estimate of drug-likeness (QED) is 0.516. The lowest BCUT2D eigenvalue weighted by atomic mass is 9.87. The van der Waals surface area contributed by atoms with E-state index in [4.69, 9.17) is 9.47 Å². The van der Waals surface area contributed by atoms with E-state index in [0.717, 1.165) is 39.1 Å². The number of ether oxygens (including phenoxy) is 2. The maximum absolute atomic E-state index is 13.0. The van der Waals surface area contributed by atoms with Gasteiger partial charge in [0, 0.05) is 55.4 Å². The summed E-state index contributed by atoms with van der Waals surface area (Å²) in [5.74, 6) is 1.33. The van der Waals surface area contributed by atoms with Crippen LogP contribution in [0.1, 0.15) is 29.0 Å². The van der Waals surface area contributed by atoms with Gasteiger partial charge in [0.15, 0.2) is 11.5 Å². The number of carbonyl (C=O) groups excluding carboxylic acids is 1. The summed E-state index contributed by atoms with van der Waals surface area (Å²) in [6.45, 7) is 0.680. The number of nitrogens with zero attached hydrogens (tertiary/aromatic N) is 2. The van der Waals surface area contributed by atoms with Crippen LogP contribution in [0.5, 0.6) is 11.5 Å². The lowest BCUT2D eigenvalue weighted by molar-refractivity contribution is -0.121. The highest BCUT2D eigenvalue weighted by Crippen LogP contribution is 2.39. The maximum atomic E-state index is 13.0. The first kappa shape index (κ1) is 19.2. The molecule has 0 bridgehead atoms. The van der Waals surface area contributed by atoms with Crippen molar-refractivity contribution in [3.63, 3.8) is 0 Å². The Kier molecular flexibility index (Phi) is 5.04. The fraction of sp³-hybridized carbons (Fsp3) is 0.200. The van der Waals surface area contributed by atoms with Gasteiger partial charge in [0.1, 0.15) is 0 Å². The number of pyridine rings is 1. The molecule has 0 fully saturated rings. The van der Waals surface area contributed by atoms with Gasteiger partial charge >= 0.3 is 0 Å². The van der Waals surface area contributed by atoms with Crippen LogP contribution in [-0.2, 0) is 18.4 Å². The molecule has 2 aromatic carbocycles. The zero-order valence-corrected chi connectivity index (χ0v) is 17.2. The van der Waals surface area contributed by atoms with Crippen molar-refractivity contribution in [3.05, 3.63) is 89.9 Å². The predicted molar refractivity (Wildman–Crippen MR) is 118 cm³/mol. The zero-order chi connectivity index (χ0) is 21.2. The van der Waals surface area contributed by atoms with Gasteiger partial charge in [0.25, 0.3) is 0 Å². The lowest BCUT2D eigenvalue weighted by Crippen LogP contribution is -2.25. The van der Waals surface area contributed by atoms with Crippen molar-refractivity contribution in [2.24, 2.45) is 7.05 Å². The molecule has 6 nitrogen and oxygen atoms in total. The van der Waals surface area contributed by atoms with Gasteiger partial charge in [-0.3, -0.25) is 9.78 Å². The van der Waals surface area contributed by atoms with Crippen molar-refractivity contribution in [3.8, 4) is 11.5 Å². The third-order valence-corrected chi connectivity index (χ3v) is 5.70. The molecule has 0 radical (unpaired) electrons. The van der Waals surface area contributed by atoms with Crippen molar-refractivity contribution in [1.82, 2.24) is 14.9 Å². The first-order chi connectivity index (χ1) is 15.2. The molecule has 1 unspecified atom stereocenters. The summed E-state index contributed by atoms with van der Waals surface area (Å²) in [6.07, 6.45) is 5.93. The van der Waals surface area contributed by atoms with Gasteiger partial charge in [-0.25, -0.2) is 0 Å². The average molecular weight is 413 g/mol. The Bertz CT molecular complexity index is 1230. The van der Waals surface area contributed by atoms with E-state index in [9.17, 15) is 4.79 Å². The van der Waals surface area contributed by atoms with Gasteiger partial charge in [-0.15, -0.1) is 0 Å². The van der Waals surface area contributed by atoms with Gasteiger partial charge in [-0.2, -0.15) is 0 Å². The van der Waals surface area contributed by atoms with Gasteiger partial charge in [0.05, 0.1) is 0 Å². The topological polar surface area (TPSA) is 65.4 Å². The summed E-state index contributed by atoms with van der Waals surface area (Å²) < 4.78 is 13.2. The molecule has 31 heavy (non-hydrogen) atoms. The minimum atomic E-state index is -0.116. The summed E-state index contributed by atoms with van der Waals surface area (Å²) in [7, 11) is 2.03. The Hall–Kier alpha value is -3.80. The van der Waals surface area contributed by atoms with E-state index >= 15 is 0 Å². The number of aromatic nitrogens is 2. The second kappa shape index (κ2) is 8.14. The van der Waals surface area contributed by atoms with Gasteiger partial charge in [0.2, 0.25) is 12.7 Å². The highest BCUT2D eigenvalue weighted by molar-refractivity contribution is 5.86. The Morgan fingerprint density at radius 2 is 2.00 bits per heavy atom. The molecule has 1 atom stereocenters. The van der Waals surface area contributed by atoms with Crippen LogP contribution < -0.4 is 14.8 Å². The van der Waals surface area contributed by atoms with E-state index in [1.54, 1.807) is 12.4 Å². The number of benzene rings is 2. The van der Waals surface area contributed by atoms with Gasteiger partial charge < -0.3 is 19.4 Å². The van der Waals surface area contributed by atoms with Crippen molar-refractivity contribution in [2.45, 2.75) is 18.9 Å². The predicted octanol–water partition coefficient (Wildman–Crippen LogP) is 4.14. The summed E-state index contributed by atoms with van der Waals surface area (Å²) in [5, 5.41) is 4.18. The number of para-hydroxylation sites is 1. The van der Waals surface area contributed by atoms with Gasteiger partial charge in [-0.05, 0) is 41.0 Å². The normalized spacial score (nSPS) is 13.3. The van der Waals surface area contributed by atoms with E-state index in [1.165, 1.54) is 0 Å². The molecule has 1 aliphatic rings. The average Bonchev–Trinajstić information content (AvgIpc) is 3.41. The molecule has 2 aromatic heterocycles. The number of hydrogen-bond donors (Lipinski definition) is 1. The third kappa shape index (κ3) is 3.84. The molecule has 0 aliphatic carbocycles. The Labute approximate surface area is 180 Å². The molecular formula is C25H23N3O3. The highest BCUT2D eigenvalue weighted by Gasteiger charge is 2.24. The van der Waals surface area contributed by atoms with Crippen molar-refractivity contribution in [1.29, 1.82) is 0 Å². The van der Waals surface area contributed by atoms with E-state index in [-0.39, 0.29) is 18.6 Å². The fourth-order valence-electron chi connectivity index (χ4n) is 4.15. The molecule has 0 saturated carbocycles. The standard InChI is InChI=1S/C25H23N3O3/c1-28-15-21(19-6-2-3-7-22(19)28)20(18-8-9-23-24(11-18)31-16-30-23)12-25(29)27-14-17-5-4-10-26-13-17/h2-11,13,15,20H,12,14,16H2,1H3,(H,27,29). The Balaban J connectivity index is 1.47. The first-order valence-electron chi connectivity index (χ1n) is 10.3. The van der Waals surface area contributed by atoms with E-state index in [0.29, 0.717) is 13.0 Å². The summed E-state index contributed by atoms with van der Waals surface area (Å²) >= 11 is 0. The molecule has 1 N–H and O–H groups in total. The first-order valence-corrected chi connectivity index (χ1v) is 10.3. The number of rotatable bonds is 6. The third-order valence-electron chi connectivity index (χ3n) is 5.70. The van der Waals surface area contributed by atoms with Crippen LogP contribution in [0.3, 0.4) is 0 Å². The van der Waals surface area contributed by atoms with Crippen LogP contribution in [0.4, 0.5) is 0 Å². The molecule has 6 heteroatoms. The smallest absolute Gasteiger partial charge is 0.231 e. The molecule has 156 valence electrons. The van der Waals surface area contributed by atoms with E-state index in [2.05, 4.69) is 33.2 Å². The van der Waals surface area contributed by atoms with E-state index < -0.39 is 0 Å². The number of aryl methyl sites for hydroxylation is 1. The molecule has 0 saturated heterocycles. The lowest BCUT2D eigenvalue weighted by Gasteiger charge is -2.18. The second-order valence-corrected chi connectivity index (χ2v) is 7.72. The van der Waals surface area contributed by atoms with Crippen molar-refractivity contribution >= 4 is 16.8 Å². The number of amides is 1. The SMILES string of the molecule is Cn1cc(C(CC(=O)NCc2cccnc2)c2ccc3c(c2)OCO3)c2ccccc21. The summed E-state index contributed by atoms with van der Waals surface area (Å²) in [5.41, 5.74) is 4.25. The molecule has 0 spiro atoms. The highest BCUT2D eigenvalue weighted by atomic mass is 16.7. The zero-order valence-electron chi connectivity index (χ0n) is 17.2. The van der Waals surface area contributed by atoms with E-state index in [1.807, 2.05) is 49.5 Å². The van der Waals surface area contributed by atoms with Crippen molar-refractivity contribution in [2.75, 3.05) is 6.79 Å². The number of carbonyl (C=O) groups is 1. The molecule has 5 rings (SSSR count). The van der Waals surface area contributed by atoms with Crippen LogP contribution in [0.2, 0.25) is 0 Å². The van der Waals surface area contributed by atoms with Crippen LogP contribution >= 0.6 is 0 Å². The summed E-state index contributed by atoms with van der Waals surface area (Å²) in [4.78, 5) is 17.1. The summed E-state index contributed by atoms with van der Waals surface area (Å²) in [6, 6.07) is 18.0. The minimum absolute atomic E-state index is 0.0144. The number of hydrogen-bond acceptors (Lipinski definition) is 4. The Morgan fingerprint density at radius 1 is 1.13 bits per heavy atom. The van der Waals surface area contributed by atoms with Crippen LogP contribution in [-0.4, -0.2) is 22.3 Å². The molecule has 1 amide bonds. The van der Waals surface area contributed by atoms with Crippen molar-refractivity contribution < 1.29 is 14.3 Å². The molecule has 4 aromatic rings. The maximum Gasteiger partial charge on any atom is 0.231 e. The number of nitrogens with one attached hydrogen (secondary N) is 1.